The smallest absolute Gasteiger partial charge is 0.335 e. The lowest BCUT2D eigenvalue weighted by atomic mass is 10.1. The van der Waals surface area contributed by atoms with Crippen molar-refractivity contribution in [2.45, 2.75) is 13.2 Å². The van der Waals surface area contributed by atoms with E-state index in [1.54, 1.807) is 55.5 Å². The Labute approximate surface area is 133 Å². The van der Waals surface area contributed by atoms with Crippen LogP contribution in [0, 0.1) is 0 Å². The highest BCUT2D eigenvalue weighted by molar-refractivity contribution is 5.98. The van der Waals surface area contributed by atoms with Crippen molar-refractivity contribution < 1.29 is 19.1 Å². The molecule has 1 amide bonds. The molecular weight excluding hydrogens is 294 g/mol. The predicted octanol–water partition coefficient (Wildman–Crippen LogP) is 2.99. The van der Waals surface area contributed by atoms with Crippen molar-refractivity contribution >= 4 is 11.9 Å². The van der Waals surface area contributed by atoms with Gasteiger partial charge in [0.05, 0.1) is 5.56 Å². The van der Waals surface area contributed by atoms with Crippen LogP contribution < -0.4 is 14.8 Å². The maximum Gasteiger partial charge on any atom is 0.335 e. The molecule has 1 aliphatic heterocycles. The molecule has 5 nitrogen and oxygen atoms in total. The van der Waals surface area contributed by atoms with Gasteiger partial charge in [0.15, 0.2) is 6.23 Å². The Morgan fingerprint density at radius 2 is 1.91 bits per heavy atom. The summed E-state index contributed by atoms with van der Waals surface area (Å²) in [6.45, 7) is 1.74. The normalized spacial score (nSPS) is 16.4. The molecular formula is C18H15NO4. The van der Waals surface area contributed by atoms with Gasteiger partial charge in [0, 0.05) is 11.6 Å². The second kappa shape index (κ2) is 6.36. The first-order valence-corrected chi connectivity index (χ1v) is 7.18. The van der Waals surface area contributed by atoms with Crippen molar-refractivity contribution in [1.29, 1.82) is 0 Å². The molecule has 0 bridgehead atoms. The number of para-hydroxylation sites is 1. The van der Waals surface area contributed by atoms with Gasteiger partial charge in [-0.15, -0.1) is 0 Å². The quantitative estimate of drug-likeness (QED) is 0.538. The Hall–Kier alpha value is -3.08. The van der Waals surface area contributed by atoms with Gasteiger partial charge in [-0.1, -0.05) is 18.2 Å². The third-order valence-corrected chi connectivity index (χ3v) is 3.34. The van der Waals surface area contributed by atoms with Gasteiger partial charge in [-0.2, -0.15) is 0 Å². The van der Waals surface area contributed by atoms with E-state index in [0.717, 1.165) is 5.56 Å². The molecule has 1 unspecified atom stereocenters. The summed E-state index contributed by atoms with van der Waals surface area (Å²) in [7, 11) is 0. The predicted molar refractivity (Wildman–Crippen MR) is 84.2 cm³/mol. The van der Waals surface area contributed by atoms with Gasteiger partial charge in [-0.25, -0.2) is 4.79 Å². The summed E-state index contributed by atoms with van der Waals surface area (Å²) in [5, 5.41) is 2.79. The third-order valence-electron chi connectivity index (χ3n) is 3.34. The van der Waals surface area contributed by atoms with E-state index in [2.05, 4.69) is 5.32 Å². The van der Waals surface area contributed by atoms with E-state index < -0.39 is 12.2 Å². The molecule has 1 atom stereocenters. The second-order valence-electron chi connectivity index (χ2n) is 4.96. The minimum atomic E-state index is -0.572. The van der Waals surface area contributed by atoms with Gasteiger partial charge < -0.3 is 14.8 Å². The number of rotatable bonds is 3. The average molecular weight is 309 g/mol. The van der Waals surface area contributed by atoms with E-state index in [-0.39, 0.29) is 5.91 Å². The number of benzene rings is 2. The molecule has 0 saturated carbocycles. The van der Waals surface area contributed by atoms with Crippen molar-refractivity contribution in [1.82, 2.24) is 5.32 Å². The molecule has 0 spiro atoms. The molecule has 2 aromatic carbocycles. The molecule has 5 heteroatoms. The number of ether oxygens (including phenoxy) is 2. The first kappa shape index (κ1) is 14.8. The first-order valence-electron chi connectivity index (χ1n) is 7.18. The van der Waals surface area contributed by atoms with E-state index in [1.165, 1.54) is 6.08 Å². The molecule has 3 rings (SSSR count). The number of nitrogens with one attached hydrogen (secondary N) is 1. The topological polar surface area (TPSA) is 64.6 Å². The average Bonchev–Trinajstić information content (AvgIpc) is 2.56. The number of hydrogen-bond acceptors (Lipinski definition) is 4. The van der Waals surface area contributed by atoms with Crippen molar-refractivity contribution in [2.24, 2.45) is 0 Å². The Morgan fingerprint density at radius 1 is 1.17 bits per heavy atom. The fourth-order valence-corrected chi connectivity index (χ4v) is 2.26. The van der Waals surface area contributed by atoms with Crippen LogP contribution in [0.4, 0.5) is 0 Å². The van der Waals surface area contributed by atoms with Gasteiger partial charge >= 0.3 is 5.97 Å². The summed E-state index contributed by atoms with van der Waals surface area (Å²) in [6.07, 6.45) is 2.38. The Bertz CT molecular complexity index is 765. The molecule has 0 aliphatic carbocycles. The number of amides is 1. The van der Waals surface area contributed by atoms with Crippen LogP contribution in [0.1, 0.15) is 29.1 Å². The lowest BCUT2D eigenvalue weighted by Gasteiger charge is -2.26. The lowest BCUT2D eigenvalue weighted by molar-refractivity contribution is -0.129. The molecule has 0 aromatic heterocycles. The van der Waals surface area contributed by atoms with Crippen LogP contribution in [0.2, 0.25) is 0 Å². The highest BCUT2D eigenvalue weighted by atomic mass is 16.5. The van der Waals surface area contributed by atoms with Crippen LogP contribution in [-0.2, 0) is 4.79 Å². The van der Waals surface area contributed by atoms with Crippen molar-refractivity contribution in [3.05, 3.63) is 71.8 Å². The van der Waals surface area contributed by atoms with E-state index >= 15 is 0 Å². The SMILES string of the molecule is CC=CC(=O)Oc1ccc(C2NC(=O)c3ccccc3O2)cc1. The summed E-state index contributed by atoms with van der Waals surface area (Å²) >= 11 is 0. The fourth-order valence-electron chi connectivity index (χ4n) is 2.26. The summed E-state index contributed by atoms with van der Waals surface area (Å²) in [6, 6.07) is 13.9. The van der Waals surface area contributed by atoms with Gasteiger partial charge in [-0.05, 0) is 43.3 Å². The van der Waals surface area contributed by atoms with Crippen LogP contribution in [0.5, 0.6) is 11.5 Å². The number of hydrogen-bond donors (Lipinski definition) is 1. The van der Waals surface area contributed by atoms with E-state index in [1.807, 2.05) is 6.07 Å². The molecule has 0 saturated heterocycles. The van der Waals surface area contributed by atoms with Crippen molar-refractivity contribution in [3.8, 4) is 11.5 Å². The Balaban J connectivity index is 1.76. The number of allylic oxidation sites excluding steroid dienone is 1. The minimum absolute atomic E-state index is 0.180. The second-order valence-corrected chi connectivity index (χ2v) is 4.96. The number of carbonyl (C=O) groups excluding carboxylic acids is 2. The van der Waals surface area contributed by atoms with Crippen LogP contribution in [0.3, 0.4) is 0 Å². The lowest BCUT2D eigenvalue weighted by Crippen LogP contribution is -2.36. The van der Waals surface area contributed by atoms with Gasteiger partial charge in [0.25, 0.3) is 5.91 Å². The summed E-state index contributed by atoms with van der Waals surface area (Å²) in [4.78, 5) is 23.5. The number of carbonyl (C=O) groups is 2. The molecule has 23 heavy (non-hydrogen) atoms. The molecule has 1 N–H and O–H groups in total. The standard InChI is InChI=1S/C18H15NO4/c1-2-5-16(20)22-13-10-8-12(9-11-13)18-19-17(21)14-6-3-4-7-15(14)23-18/h2-11,18H,1H3,(H,19,21). The van der Waals surface area contributed by atoms with E-state index in [0.29, 0.717) is 17.1 Å². The van der Waals surface area contributed by atoms with Crippen LogP contribution in [-0.4, -0.2) is 11.9 Å². The molecule has 116 valence electrons. The molecule has 2 aromatic rings. The van der Waals surface area contributed by atoms with Crippen LogP contribution in [0.15, 0.2) is 60.7 Å². The van der Waals surface area contributed by atoms with Gasteiger partial charge in [0.2, 0.25) is 0 Å². The largest absolute Gasteiger partial charge is 0.466 e. The van der Waals surface area contributed by atoms with Gasteiger partial charge in [0.1, 0.15) is 11.5 Å². The first-order chi connectivity index (χ1) is 11.2. The molecule has 0 fully saturated rings. The van der Waals surface area contributed by atoms with Gasteiger partial charge in [-0.3, -0.25) is 4.79 Å². The van der Waals surface area contributed by atoms with E-state index in [4.69, 9.17) is 9.47 Å². The van der Waals surface area contributed by atoms with Crippen LogP contribution in [0.25, 0.3) is 0 Å². The maximum absolute atomic E-state index is 12.1. The zero-order valence-electron chi connectivity index (χ0n) is 12.5. The highest BCUT2D eigenvalue weighted by Crippen LogP contribution is 2.29. The third kappa shape index (κ3) is 3.23. The number of fused-ring (bicyclic) bond motifs is 1. The zero-order valence-corrected chi connectivity index (χ0v) is 12.5. The molecule has 1 heterocycles. The van der Waals surface area contributed by atoms with Crippen molar-refractivity contribution in [3.63, 3.8) is 0 Å². The monoisotopic (exact) mass is 309 g/mol. The fraction of sp³-hybridized carbons (Fsp3) is 0.111. The van der Waals surface area contributed by atoms with E-state index in [9.17, 15) is 9.59 Å². The Kier molecular flexibility index (Phi) is 4.10. The maximum atomic E-state index is 12.1. The molecule has 1 aliphatic rings. The Morgan fingerprint density at radius 3 is 2.65 bits per heavy atom. The zero-order chi connectivity index (χ0) is 16.2. The summed E-state index contributed by atoms with van der Waals surface area (Å²) < 4.78 is 10.9. The van der Waals surface area contributed by atoms with Crippen LogP contribution >= 0.6 is 0 Å². The minimum Gasteiger partial charge on any atom is -0.466 e. The van der Waals surface area contributed by atoms with Crippen molar-refractivity contribution in [2.75, 3.05) is 0 Å². The number of esters is 1. The highest BCUT2D eigenvalue weighted by Gasteiger charge is 2.26. The molecule has 0 radical (unpaired) electrons. The summed E-state index contributed by atoms with van der Waals surface area (Å²) in [5.74, 6) is 0.362. The summed E-state index contributed by atoms with van der Waals surface area (Å²) in [5.41, 5.74) is 1.28.